The molecule has 1 aromatic heterocycles. The fourth-order valence-corrected chi connectivity index (χ4v) is 5.96. The van der Waals surface area contributed by atoms with Gasteiger partial charge in [-0.3, -0.25) is 19.4 Å². The first kappa shape index (κ1) is 35.8. The van der Waals surface area contributed by atoms with E-state index in [2.05, 4.69) is 10.3 Å². The number of aromatic nitrogens is 1. The topological polar surface area (TPSA) is 95.1 Å². The molecule has 2 aliphatic heterocycles. The van der Waals surface area contributed by atoms with E-state index >= 15 is 0 Å². The van der Waals surface area contributed by atoms with Crippen molar-refractivity contribution in [2.75, 3.05) is 49.6 Å². The summed E-state index contributed by atoms with van der Waals surface area (Å²) in [5, 5.41) is 3.65. The summed E-state index contributed by atoms with van der Waals surface area (Å²) in [6, 6.07) is 17.5. The van der Waals surface area contributed by atoms with Gasteiger partial charge in [0.05, 0.1) is 18.0 Å². The van der Waals surface area contributed by atoms with E-state index in [0.29, 0.717) is 36.8 Å². The highest BCUT2D eigenvalue weighted by Gasteiger charge is 2.45. The van der Waals surface area contributed by atoms with Gasteiger partial charge in [-0.05, 0) is 88.0 Å². The second-order valence-electron chi connectivity index (χ2n) is 11.7. The SMILES string of the molecule is CCN1C(=O)C(C)(C)C(=O)N(C)c2cc(OCCCNC(CCN3CCc4ccccc4C3=O)c3ccncc3)ccc21.Cl.Cl. The van der Waals surface area contributed by atoms with E-state index in [9.17, 15) is 14.4 Å². The van der Waals surface area contributed by atoms with Crippen LogP contribution in [-0.4, -0.2) is 67.4 Å². The van der Waals surface area contributed by atoms with Crippen LogP contribution in [0.4, 0.5) is 11.4 Å². The number of pyridine rings is 1. The van der Waals surface area contributed by atoms with Gasteiger partial charge in [0.25, 0.3) is 5.91 Å². The molecular formula is C34H43Cl2N5O4. The lowest BCUT2D eigenvalue weighted by Gasteiger charge is -2.30. The molecule has 0 fully saturated rings. The quantitative estimate of drug-likeness (QED) is 0.218. The number of carbonyl (C=O) groups is 3. The minimum Gasteiger partial charge on any atom is -0.493 e. The van der Waals surface area contributed by atoms with Gasteiger partial charge in [-0.15, -0.1) is 24.8 Å². The smallest absolute Gasteiger partial charge is 0.254 e. The van der Waals surface area contributed by atoms with Crippen LogP contribution >= 0.6 is 24.8 Å². The van der Waals surface area contributed by atoms with E-state index in [-0.39, 0.29) is 48.6 Å². The zero-order chi connectivity index (χ0) is 30.6. The maximum Gasteiger partial charge on any atom is 0.254 e. The second-order valence-corrected chi connectivity index (χ2v) is 11.7. The molecule has 1 N–H and O–H groups in total. The van der Waals surface area contributed by atoms with Crippen molar-refractivity contribution in [1.29, 1.82) is 0 Å². The summed E-state index contributed by atoms with van der Waals surface area (Å²) in [5.41, 5.74) is 3.30. The van der Waals surface area contributed by atoms with Gasteiger partial charge in [0.15, 0.2) is 0 Å². The van der Waals surface area contributed by atoms with Crippen LogP contribution in [-0.2, 0) is 16.0 Å². The highest BCUT2D eigenvalue weighted by atomic mass is 35.5. The van der Waals surface area contributed by atoms with Crippen LogP contribution in [0.25, 0.3) is 0 Å². The maximum absolute atomic E-state index is 13.1. The van der Waals surface area contributed by atoms with Crippen molar-refractivity contribution < 1.29 is 19.1 Å². The molecule has 3 amide bonds. The first-order valence-corrected chi connectivity index (χ1v) is 15.1. The molecule has 0 radical (unpaired) electrons. The van der Waals surface area contributed by atoms with Crippen LogP contribution < -0.4 is 19.9 Å². The molecule has 1 atom stereocenters. The molecule has 11 heteroatoms. The predicted octanol–water partition coefficient (Wildman–Crippen LogP) is 5.47. The van der Waals surface area contributed by atoms with Crippen molar-refractivity contribution in [2.45, 2.75) is 46.1 Å². The second kappa shape index (κ2) is 15.6. The summed E-state index contributed by atoms with van der Waals surface area (Å²) in [5.74, 6) is 0.306. The zero-order valence-electron chi connectivity index (χ0n) is 26.3. The lowest BCUT2D eigenvalue weighted by molar-refractivity contribution is -0.137. The van der Waals surface area contributed by atoms with Gasteiger partial charge in [0, 0.05) is 56.7 Å². The van der Waals surface area contributed by atoms with E-state index < -0.39 is 5.41 Å². The van der Waals surface area contributed by atoms with Crippen LogP contribution in [0.2, 0.25) is 0 Å². The molecule has 0 saturated carbocycles. The van der Waals surface area contributed by atoms with E-state index in [0.717, 1.165) is 49.0 Å². The number of anilines is 2. The van der Waals surface area contributed by atoms with Crippen LogP contribution in [0.15, 0.2) is 67.0 Å². The number of nitrogens with one attached hydrogen (secondary N) is 1. The minimum atomic E-state index is -1.15. The summed E-state index contributed by atoms with van der Waals surface area (Å²) < 4.78 is 6.09. The highest BCUT2D eigenvalue weighted by Crippen LogP contribution is 2.40. The maximum atomic E-state index is 13.1. The van der Waals surface area contributed by atoms with Gasteiger partial charge in [-0.2, -0.15) is 0 Å². The third-order valence-electron chi connectivity index (χ3n) is 8.50. The van der Waals surface area contributed by atoms with Crippen LogP contribution in [0.5, 0.6) is 5.75 Å². The molecule has 3 heterocycles. The molecule has 0 bridgehead atoms. The van der Waals surface area contributed by atoms with Gasteiger partial charge in [0.1, 0.15) is 11.2 Å². The Labute approximate surface area is 278 Å². The minimum absolute atomic E-state index is 0. The molecule has 3 aromatic rings. The number of ether oxygens (including phenoxy) is 1. The number of carbonyl (C=O) groups excluding carboxylic acids is 3. The Bertz CT molecular complexity index is 1490. The van der Waals surface area contributed by atoms with Gasteiger partial charge < -0.3 is 24.8 Å². The summed E-state index contributed by atoms with van der Waals surface area (Å²) in [7, 11) is 1.71. The van der Waals surface area contributed by atoms with Gasteiger partial charge >= 0.3 is 0 Å². The van der Waals surface area contributed by atoms with Crippen molar-refractivity contribution in [3.05, 3.63) is 83.7 Å². The molecular weight excluding hydrogens is 613 g/mol. The predicted molar refractivity (Wildman–Crippen MR) is 182 cm³/mol. The molecule has 0 spiro atoms. The van der Waals surface area contributed by atoms with Crippen LogP contribution in [0.1, 0.15) is 61.1 Å². The molecule has 242 valence electrons. The highest BCUT2D eigenvalue weighted by molar-refractivity contribution is 6.20. The molecule has 2 aromatic carbocycles. The van der Waals surface area contributed by atoms with Gasteiger partial charge in [-0.25, -0.2) is 0 Å². The van der Waals surface area contributed by atoms with Gasteiger partial charge in [-0.1, -0.05) is 18.2 Å². The summed E-state index contributed by atoms with van der Waals surface area (Å²) >= 11 is 0. The first-order chi connectivity index (χ1) is 20.7. The zero-order valence-corrected chi connectivity index (χ0v) is 28.0. The Morgan fingerprint density at radius 2 is 1.71 bits per heavy atom. The standard InChI is InChI=1S/C34H41N5O4.2ClH/c1-5-39-29-12-11-26(23-30(29)37(4)32(41)34(2,3)33(39)42)43-22-8-17-36-28(25-13-18-35-19-14-25)16-21-38-20-15-24-9-6-7-10-27(24)31(38)40;;/h6-7,9-14,18-19,23,28,36H,5,8,15-17,20-22H2,1-4H3;2*1H. The number of benzene rings is 2. The van der Waals surface area contributed by atoms with Crippen molar-refractivity contribution in [3.63, 3.8) is 0 Å². The van der Waals surface area contributed by atoms with E-state index in [4.69, 9.17) is 4.74 Å². The van der Waals surface area contributed by atoms with Crippen molar-refractivity contribution in [3.8, 4) is 5.75 Å². The Kier molecular flexibility index (Phi) is 12.4. The molecule has 5 rings (SSSR count). The average molecular weight is 657 g/mol. The van der Waals surface area contributed by atoms with E-state index in [1.54, 1.807) is 43.1 Å². The number of nitrogens with zero attached hydrogens (tertiary/aromatic N) is 4. The number of hydrogen-bond acceptors (Lipinski definition) is 6. The molecule has 0 aliphatic carbocycles. The Morgan fingerprint density at radius 1 is 0.978 bits per heavy atom. The number of rotatable bonds is 11. The van der Waals surface area contributed by atoms with Gasteiger partial charge in [0.2, 0.25) is 11.8 Å². The fourth-order valence-electron chi connectivity index (χ4n) is 5.96. The van der Waals surface area contributed by atoms with Crippen molar-refractivity contribution in [1.82, 2.24) is 15.2 Å². The van der Waals surface area contributed by atoms with Crippen LogP contribution in [0, 0.1) is 5.41 Å². The number of halogens is 2. The monoisotopic (exact) mass is 655 g/mol. The molecule has 1 unspecified atom stereocenters. The van der Waals surface area contributed by atoms with Crippen molar-refractivity contribution >= 4 is 53.9 Å². The third-order valence-corrected chi connectivity index (χ3v) is 8.50. The molecule has 9 nitrogen and oxygen atoms in total. The number of hydrogen-bond donors (Lipinski definition) is 1. The normalized spacial score (nSPS) is 16.2. The van der Waals surface area contributed by atoms with Crippen molar-refractivity contribution in [2.24, 2.45) is 5.41 Å². The molecule has 2 aliphatic rings. The fraction of sp³-hybridized carbons (Fsp3) is 0.412. The Balaban J connectivity index is 0.00000276. The summed E-state index contributed by atoms with van der Waals surface area (Å²) in [6.07, 6.45) is 6.01. The third kappa shape index (κ3) is 7.60. The van der Waals surface area contributed by atoms with E-state index in [1.165, 1.54) is 0 Å². The summed E-state index contributed by atoms with van der Waals surface area (Å²) in [4.78, 5) is 48.7. The number of amides is 3. The molecule has 45 heavy (non-hydrogen) atoms. The average Bonchev–Trinajstić information content (AvgIpc) is 3.08. The Hall–Kier alpha value is -3.66. The molecule has 0 saturated heterocycles. The Morgan fingerprint density at radius 3 is 2.44 bits per heavy atom. The largest absolute Gasteiger partial charge is 0.493 e. The lowest BCUT2D eigenvalue weighted by atomic mass is 9.90. The first-order valence-electron chi connectivity index (χ1n) is 15.1. The lowest BCUT2D eigenvalue weighted by Crippen LogP contribution is -2.47. The van der Waals surface area contributed by atoms with E-state index in [1.807, 2.05) is 66.4 Å². The van der Waals surface area contributed by atoms with Crippen LogP contribution in [0.3, 0.4) is 0 Å². The summed E-state index contributed by atoms with van der Waals surface area (Å²) in [6.45, 7) is 8.34. The number of fused-ring (bicyclic) bond motifs is 2.